The first-order chi connectivity index (χ1) is 6.98. The Balaban J connectivity index is 2.45. The fourth-order valence-corrected chi connectivity index (χ4v) is 2.50. The smallest absolute Gasteiger partial charge is 0.177 e. The Kier molecular flexibility index (Phi) is 2.44. The second-order valence-corrected chi connectivity index (χ2v) is 5.91. The van der Waals surface area contributed by atoms with Gasteiger partial charge in [-0.2, -0.15) is 0 Å². The molecule has 1 saturated heterocycles. The SMILES string of the molecule is CS(=O)(=O)c1cc(C2CNC2)ccc1N. The minimum absolute atomic E-state index is 0.243. The highest BCUT2D eigenvalue weighted by molar-refractivity contribution is 7.90. The first-order valence-electron chi connectivity index (χ1n) is 4.78. The number of benzene rings is 1. The van der Waals surface area contributed by atoms with Crippen molar-refractivity contribution in [1.29, 1.82) is 0 Å². The third-order valence-electron chi connectivity index (χ3n) is 2.69. The average Bonchev–Trinajstić information content (AvgIpc) is 2.03. The summed E-state index contributed by atoms with van der Waals surface area (Å²) >= 11 is 0. The molecule has 3 N–H and O–H groups in total. The number of nitrogens with two attached hydrogens (primary N) is 1. The van der Waals surface area contributed by atoms with E-state index in [0.717, 1.165) is 18.7 Å². The van der Waals surface area contributed by atoms with E-state index in [1.807, 2.05) is 6.07 Å². The van der Waals surface area contributed by atoms with Gasteiger partial charge in [0.25, 0.3) is 0 Å². The number of hydrogen-bond acceptors (Lipinski definition) is 4. The van der Waals surface area contributed by atoms with Crippen LogP contribution in [0.3, 0.4) is 0 Å². The maximum absolute atomic E-state index is 11.4. The number of nitrogen functional groups attached to an aromatic ring is 1. The molecule has 1 heterocycles. The molecular weight excluding hydrogens is 212 g/mol. The van der Waals surface area contributed by atoms with E-state index in [1.165, 1.54) is 6.26 Å². The van der Waals surface area contributed by atoms with Crippen LogP contribution in [-0.2, 0) is 9.84 Å². The normalized spacial score (nSPS) is 17.4. The molecule has 0 bridgehead atoms. The highest BCUT2D eigenvalue weighted by Gasteiger charge is 2.21. The van der Waals surface area contributed by atoms with Crippen molar-refractivity contribution in [3.63, 3.8) is 0 Å². The van der Waals surface area contributed by atoms with Crippen molar-refractivity contribution in [2.45, 2.75) is 10.8 Å². The fraction of sp³-hybridized carbons (Fsp3) is 0.400. The van der Waals surface area contributed by atoms with Crippen molar-refractivity contribution in [2.24, 2.45) is 0 Å². The van der Waals surface area contributed by atoms with Crippen LogP contribution in [0.5, 0.6) is 0 Å². The van der Waals surface area contributed by atoms with Gasteiger partial charge in [-0.1, -0.05) is 6.07 Å². The number of nitrogens with one attached hydrogen (secondary N) is 1. The van der Waals surface area contributed by atoms with Gasteiger partial charge in [0.1, 0.15) is 0 Å². The van der Waals surface area contributed by atoms with E-state index in [2.05, 4.69) is 5.32 Å². The van der Waals surface area contributed by atoms with Gasteiger partial charge in [0.15, 0.2) is 9.84 Å². The summed E-state index contributed by atoms with van der Waals surface area (Å²) in [6.45, 7) is 1.82. The molecule has 0 unspecified atom stereocenters. The topological polar surface area (TPSA) is 72.2 Å². The van der Waals surface area contributed by atoms with Gasteiger partial charge >= 0.3 is 0 Å². The predicted molar refractivity (Wildman–Crippen MR) is 59.6 cm³/mol. The second kappa shape index (κ2) is 3.50. The quantitative estimate of drug-likeness (QED) is 0.714. The van der Waals surface area contributed by atoms with Gasteiger partial charge < -0.3 is 11.1 Å². The van der Waals surface area contributed by atoms with Crippen LogP contribution in [0.2, 0.25) is 0 Å². The molecule has 4 nitrogen and oxygen atoms in total. The lowest BCUT2D eigenvalue weighted by atomic mass is 9.94. The molecule has 1 aromatic carbocycles. The van der Waals surface area contributed by atoms with Gasteiger partial charge in [-0.05, 0) is 17.7 Å². The maximum Gasteiger partial charge on any atom is 0.177 e. The van der Waals surface area contributed by atoms with Crippen LogP contribution in [0.25, 0.3) is 0 Å². The zero-order valence-corrected chi connectivity index (χ0v) is 9.34. The molecular formula is C10H14N2O2S. The Labute approximate surface area is 89.4 Å². The van der Waals surface area contributed by atoms with Crippen LogP contribution in [0, 0.1) is 0 Å². The molecule has 0 atom stereocenters. The van der Waals surface area contributed by atoms with E-state index >= 15 is 0 Å². The van der Waals surface area contributed by atoms with Crippen LogP contribution < -0.4 is 11.1 Å². The van der Waals surface area contributed by atoms with E-state index in [4.69, 9.17) is 5.73 Å². The standard InChI is InChI=1S/C10H14N2O2S/c1-15(13,14)10-4-7(2-3-9(10)11)8-5-12-6-8/h2-4,8,12H,5-6,11H2,1H3. The molecule has 5 heteroatoms. The van der Waals surface area contributed by atoms with Gasteiger partial charge in [0.05, 0.1) is 10.6 Å². The predicted octanol–water partition coefficient (Wildman–Crippen LogP) is 0.359. The summed E-state index contributed by atoms with van der Waals surface area (Å²) in [6, 6.07) is 5.26. The minimum Gasteiger partial charge on any atom is -0.398 e. The Morgan fingerprint density at radius 1 is 1.40 bits per heavy atom. The van der Waals surface area contributed by atoms with Crippen molar-refractivity contribution in [3.8, 4) is 0 Å². The van der Waals surface area contributed by atoms with Crippen molar-refractivity contribution < 1.29 is 8.42 Å². The van der Waals surface area contributed by atoms with E-state index in [0.29, 0.717) is 11.6 Å². The van der Waals surface area contributed by atoms with Crippen LogP contribution in [0.15, 0.2) is 23.1 Å². The molecule has 1 fully saturated rings. The highest BCUT2D eigenvalue weighted by Crippen LogP contribution is 2.26. The summed E-state index contributed by atoms with van der Waals surface area (Å²) in [4.78, 5) is 0.243. The molecule has 2 rings (SSSR count). The molecule has 82 valence electrons. The van der Waals surface area contributed by atoms with Crippen LogP contribution in [-0.4, -0.2) is 27.8 Å². The third kappa shape index (κ3) is 1.98. The minimum atomic E-state index is -3.22. The lowest BCUT2D eigenvalue weighted by molar-refractivity contribution is 0.448. The first kappa shape index (κ1) is 10.4. The number of rotatable bonds is 2. The Morgan fingerprint density at radius 3 is 2.53 bits per heavy atom. The summed E-state index contributed by atoms with van der Waals surface area (Å²) in [5, 5.41) is 3.15. The van der Waals surface area contributed by atoms with Crippen molar-refractivity contribution in [1.82, 2.24) is 5.32 Å². The molecule has 1 aromatic rings. The summed E-state index contributed by atoms with van der Waals surface area (Å²) < 4.78 is 22.9. The Morgan fingerprint density at radius 2 is 2.07 bits per heavy atom. The zero-order chi connectivity index (χ0) is 11.1. The van der Waals surface area contributed by atoms with E-state index in [9.17, 15) is 8.42 Å². The Hall–Kier alpha value is -1.07. The fourth-order valence-electron chi connectivity index (χ4n) is 1.65. The van der Waals surface area contributed by atoms with E-state index < -0.39 is 9.84 Å². The van der Waals surface area contributed by atoms with Crippen LogP contribution in [0.1, 0.15) is 11.5 Å². The van der Waals surface area contributed by atoms with Gasteiger partial charge in [0.2, 0.25) is 0 Å². The van der Waals surface area contributed by atoms with Gasteiger partial charge in [-0.25, -0.2) is 8.42 Å². The van der Waals surface area contributed by atoms with Crippen LogP contribution >= 0.6 is 0 Å². The average molecular weight is 226 g/mol. The zero-order valence-electron chi connectivity index (χ0n) is 8.53. The summed E-state index contributed by atoms with van der Waals surface area (Å²) in [7, 11) is -3.22. The number of hydrogen-bond donors (Lipinski definition) is 2. The molecule has 0 amide bonds. The molecule has 15 heavy (non-hydrogen) atoms. The van der Waals surface area contributed by atoms with Crippen molar-refractivity contribution in [3.05, 3.63) is 23.8 Å². The van der Waals surface area contributed by atoms with Crippen LogP contribution in [0.4, 0.5) is 5.69 Å². The van der Waals surface area contributed by atoms with Crippen molar-refractivity contribution in [2.75, 3.05) is 25.1 Å². The van der Waals surface area contributed by atoms with E-state index in [1.54, 1.807) is 12.1 Å². The molecule has 1 aliphatic heterocycles. The first-order valence-corrected chi connectivity index (χ1v) is 6.68. The lowest BCUT2D eigenvalue weighted by Gasteiger charge is -2.27. The third-order valence-corrected chi connectivity index (χ3v) is 3.84. The number of sulfone groups is 1. The molecule has 1 aliphatic rings. The lowest BCUT2D eigenvalue weighted by Crippen LogP contribution is -2.39. The molecule has 0 aliphatic carbocycles. The molecule has 0 radical (unpaired) electrons. The summed E-state index contributed by atoms with van der Waals surface area (Å²) in [5.74, 6) is 0.422. The Bertz CT molecular complexity index is 478. The number of anilines is 1. The molecule has 0 saturated carbocycles. The van der Waals surface area contributed by atoms with Gasteiger partial charge in [-0.15, -0.1) is 0 Å². The monoisotopic (exact) mass is 226 g/mol. The molecule has 0 spiro atoms. The maximum atomic E-state index is 11.4. The van der Waals surface area contributed by atoms with Gasteiger partial charge in [-0.3, -0.25) is 0 Å². The highest BCUT2D eigenvalue weighted by atomic mass is 32.2. The second-order valence-electron chi connectivity index (χ2n) is 3.92. The van der Waals surface area contributed by atoms with Crippen molar-refractivity contribution >= 4 is 15.5 Å². The summed E-state index contributed by atoms with van der Waals surface area (Å²) in [5.41, 5.74) is 7.01. The summed E-state index contributed by atoms with van der Waals surface area (Å²) in [6.07, 6.45) is 1.18. The van der Waals surface area contributed by atoms with Gasteiger partial charge in [0, 0.05) is 25.3 Å². The molecule has 0 aromatic heterocycles. The largest absolute Gasteiger partial charge is 0.398 e. The van der Waals surface area contributed by atoms with E-state index in [-0.39, 0.29) is 4.90 Å².